The molecule has 2 N–H and O–H groups in total. The minimum Gasteiger partial charge on any atom is -0.449 e. The van der Waals surface area contributed by atoms with Gasteiger partial charge in [0.1, 0.15) is 0 Å². The van der Waals surface area contributed by atoms with Crippen LogP contribution in [0.25, 0.3) is 0 Å². The molecule has 0 radical (unpaired) electrons. The molecule has 1 aromatic carbocycles. The molecule has 2 amide bonds. The Morgan fingerprint density at radius 3 is 2.48 bits per heavy atom. The first-order chi connectivity index (χ1) is 11.0. The van der Waals surface area contributed by atoms with Crippen LogP contribution < -0.4 is 5.43 Å². The van der Waals surface area contributed by atoms with Gasteiger partial charge in [0.2, 0.25) is 0 Å². The largest absolute Gasteiger partial charge is 0.449 e. The van der Waals surface area contributed by atoms with E-state index in [-0.39, 0.29) is 19.8 Å². The van der Waals surface area contributed by atoms with Gasteiger partial charge in [-0.3, -0.25) is 0 Å². The van der Waals surface area contributed by atoms with Gasteiger partial charge < -0.3 is 14.6 Å². The highest BCUT2D eigenvalue weighted by Gasteiger charge is 2.27. The highest BCUT2D eigenvalue weighted by Crippen LogP contribution is 2.19. The van der Waals surface area contributed by atoms with E-state index in [0.29, 0.717) is 6.42 Å². The van der Waals surface area contributed by atoms with Crippen LogP contribution in [0.3, 0.4) is 0 Å². The minimum atomic E-state index is -0.786. The van der Waals surface area contributed by atoms with Crippen molar-refractivity contribution in [3.63, 3.8) is 0 Å². The summed E-state index contributed by atoms with van der Waals surface area (Å²) in [5.41, 5.74) is 3.20. The fourth-order valence-electron chi connectivity index (χ4n) is 1.90. The van der Waals surface area contributed by atoms with Crippen LogP contribution in [0.1, 0.15) is 19.4 Å². The summed E-state index contributed by atoms with van der Waals surface area (Å²) >= 11 is 3.42. The second kappa shape index (κ2) is 10.1. The van der Waals surface area contributed by atoms with Crippen molar-refractivity contribution in [2.75, 3.05) is 19.8 Å². The molecule has 1 aromatic rings. The Morgan fingerprint density at radius 2 is 1.91 bits per heavy atom. The predicted octanol–water partition coefficient (Wildman–Crippen LogP) is 2.47. The molecule has 0 saturated carbocycles. The maximum absolute atomic E-state index is 12.1. The van der Waals surface area contributed by atoms with Gasteiger partial charge >= 0.3 is 12.2 Å². The molecule has 0 bridgehead atoms. The van der Waals surface area contributed by atoms with Gasteiger partial charge in [-0.2, -0.15) is 0 Å². The van der Waals surface area contributed by atoms with Crippen molar-refractivity contribution >= 4 is 28.1 Å². The lowest BCUT2D eigenvalue weighted by Crippen LogP contribution is -2.54. The molecule has 0 aliphatic heterocycles. The molecule has 0 heterocycles. The Labute approximate surface area is 143 Å². The molecular weight excluding hydrogens is 368 g/mol. The lowest BCUT2D eigenvalue weighted by atomic mass is 10.1. The molecule has 0 aliphatic rings. The Morgan fingerprint density at radius 1 is 1.26 bits per heavy atom. The van der Waals surface area contributed by atoms with Crippen molar-refractivity contribution in [1.82, 2.24) is 10.4 Å². The van der Waals surface area contributed by atoms with Crippen LogP contribution in [0.15, 0.2) is 28.7 Å². The van der Waals surface area contributed by atoms with Gasteiger partial charge in [0.15, 0.2) is 0 Å². The van der Waals surface area contributed by atoms with Gasteiger partial charge in [-0.25, -0.2) is 20.0 Å². The number of carbonyl (C=O) groups excluding carboxylic acids is 2. The van der Waals surface area contributed by atoms with E-state index in [1.54, 1.807) is 13.8 Å². The number of hydrogen-bond acceptors (Lipinski definition) is 5. The summed E-state index contributed by atoms with van der Waals surface area (Å²) in [7, 11) is 0. The summed E-state index contributed by atoms with van der Waals surface area (Å²) in [6.07, 6.45) is -1.22. The number of rotatable bonds is 6. The first-order valence-corrected chi connectivity index (χ1v) is 8.06. The summed E-state index contributed by atoms with van der Waals surface area (Å²) in [5, 5.41) is 10.6. The zero-order valence-corrected chi connectivity index (χ0v) is 14.7. The standard InChI is InChI=1S/C15H21BrN2O5/c1-3-22-14(20)17-18(15(21)23-4-2)12(10-19)9-11-7-5-6-8-13(11)16/h5-8,12,19H,3-4,9-10H2,1-2H3,(H,17,20)/t12-/m1/s1. The Hall–Kier alpha value is -1.80. The van der Waals surface area contributed by atoms with Gasteiger partial charge in [-0.05, 0) is 31.9 Å². The maximum Gasteiger partial charge on any atom is 0.429 e. The lowest BCUT2D eigenvalue weighted by Gasteiger charge is -2.29. The van der Waals surface area contributed by atoms with Crippen LogP contribution in [0.2, 0.25) is 0 Å². The van der Waals surface area contributed by atoms with Crippen LogP contribution in [-0.4, -0.2) is 48.2 Å². The third-order valence-corrected chi connectivity index (χ3v) is 3.71. The van der Waals surface area contributed by atoms with Crippen molar-refractivity contribution in [3.05, 3.63) is 34.3 Å². The summed E-state index contributed by atoms with van der Waals surface area (Å²) in [6.45, 7) is 3.26. The first kappa shape index (κ1) is 19.2. The summed E-state index contributed by atoms with van der Waals surface area (Å²) in [4.78, 5) is 23.7. The smallest absolute Gasteiger partial charge is 0.429 e. The number of halogens is 1. The second-order valence-corrected chi connectivity index (χ2v) is 5.39. The normalized spacial score (nSPS) is 11.5. The molecule has 128 valence electrons. The average Bonchev–Trinajstić information content (AvgIpc) is 2.53. The fourth-order valence-corrected chi connectivity index (χ4v) is 2.34. The van der Waals surface area contributed by atoms with Crippen molar-refractivity contribution < 1.29 is 24.2 Å². The number of amides is 2. The Balaban J connectivity index is 2.93. The number of nitrogens with one attached hydrogen (secondary N) is 1. The van der Waals surface area contributed by atoms with E-state index in [2.05, 4.69) is 21.4 Å². The number of nitrogens with zero attached hydrogens (tertiary/aromatic N) is 1. The SMILES string of the molecule is CCOC(=O)NN(C(=O)OCC)[C@@H](CO)Cc1ccccc1Br. The third-order valence-electron chi connectivity index (χ3n) is 2.94. The van der Waals surface area contributed by atoms with Gasteiger partial charge in [0, 0.05) is 4.47 Å². The molecule has 0 aromatic heterocycles. The first-order valence-electron chi connectivity index (χ1n) is 7.27. The molecule has 0 spiro atoms. The van der Waals surface area contributed by atoms with Crippen molar-refractivity contribution in [2.45, 2.75) is 26.3 Å². The Bertz CT molecular complexity index is 526. The number of aliphatic hydroxyl groups excluding tert-OH is 1. The van der Waals surface area contributed by atoms with Crippen LogP contribution in [0.5, 0.6) is 0 Å². The van der Waals surface area contributed by atoms with E-state index < -0.39 is 18.2 Å². The number of aliphatic hydroxyl groups is 1. The molecule has 1 atom stereocenters. The van der Waals surface area contributed by atoms with Gasteiger partial charge in [-0.1, -0.05) is 34.1 Å². The number of benzene rings is 1. The van der Waals surface area contributed by atoms with E-state index in [0.717, 1.165) is 15.0 Å². The van der Waals surface area contributed by atoms with E-state index in [9.17, 15) is 14.7 Å². The van der Waals surface area contributed by atoms with Crippen LogP contribution >= 0.6 is 15.9 Å². The molecule has 0 aliphatic carbocycles. The number of ether oxygens (including phenoxy) is 2. The molecule has 7 nitrogen and oxygen atoms in total. The quantitative estimate of drug-likeness (QED) is 0.730. The lowest BCUT2D eigenvalue weighted by molar-refractivity contribution is 0.0395. The maximum atomic E-state index is 12.1. The van der Waals surface area contributed by atoms with Gasteiger partial charge in [0.25, 0.3) is 0 Å². The van der Waals surface area contributed by atoms with Crippen LogP contribution in [-0.2, 0) is 15.9 Å². The van der Waals surface area contributed by atoms with Gasteiger partial charge in [0.05, 0.1) is 25.9 Å². The van der Waals surface area contributed by atoms with E-state index in [4.69, 9.17) is 9.47 Å². The van der Waals surface area contributed by atoms with Crippen molar-refractivity contribution in [1.29, 1.82) is 0 Å². The van der Waals surface area contributed by atoms with Crippen molar-refractivity contribution in [3.8, 4) is 0 Å². The number of hydrazine groups is 1. The predicted molar refractivity (Wildman–Crippen MR) is 87.7 cm³/mol. The van der Waals surface area contributed by atoms with Crippen LogP contribution in [0, 0.1) is 0 Å². The third kappa shape index (κ3) is 6.07. The molecule has 0 saturated heterocycles. The Kier molecular flexibility index (Phi) is 8.42. The molecule has 0 fully saturated rings. The topological polar surface area (TPSA) is 88.1 Å². The zero-order valence-electron chi connectivity index (χ0n) is 13.1. The molecule has 23 heavy (non-hydrogen) atoms. The highest BCUT2D eigenvalue weighted by molar-refractivity contribution is 9.10. The zero-order chi connectivity index (χ0) is 17.2. The van der Waals surface area contributed by atoms with Crippen LogP contribution in [0.4, 0.5) is 9.59 Å². The summed E-state index contributed by atoms with van der Waals surface area (Å²) < 4.78 is 10.6. The van der Waals surface area contributed by atoms with E-state index in [1.165, 1.54) is 0 Å². The average molecular weight is 389 g/mol. The summed E-state index contributed by atoms with van der Waals surface area (Å²) in [5.74, 6) is 0. The molecular formula is C15H21BrN2O5. The summed E-state index contributed by atoms with van der Waals surface area (Å²) in [6, 6.07) is 6.73. The molecule has 1 rings (SSSR count). The highest BCUT2D eigenvalue weighted by atomic mass is 79.9. The van der Waals surface area contributed by atoms with E-state index >= 15 is 0 Å². The van der Waals surface area contributed by atoms with Gasteiger partial charge in [-0.15, -0.1) is 0 Å². The number of carbonyl (C=O) groups is 2. The molecule has 8 heteroatoms. The molecule has 0 unspecified atom stereocenters. The monoisotopic (exact) mass is 388 g/mol. The van der Waals surface area contributed by atoms with Crippen molar-refractivity contribution in [2.24, 2.45) is 0 Å². The second-order valence-electron chi connectivity index (χ2n) is 4.53. The fraction of sp³-hybridized carbons (Fsp3) is 0.467. The number of hydrogen-bond donors (Lipinski definition) is 2. The minimum absolute atomic E-state index is 0.146. The van der Waals surface area contributed by atoms with E-state index in [1.807, 2.05) is 24.3 Å².